The molecule has 19 heavy (non-hydrogen) atoms. The topological polar surface area (TPSA) is 80.5 Å². The van der Waals surface area contributed by atoms with E-state index in [4.69, 9.17) is 5.73 Å². The average Bonchev–Trinajstić information content (AvgIpc) is 2.37. The summed E-state index contributed by atoms with van der Waals surface area (Å²) >= 11 is 1.58. The minimum absolute atomic E-state index is 0.0570. The summed E-state index contributed by atoms with van der Waals surface area (Å²) < 4.78 is 24.1. The number of amides is 1. The standard InChI is InChI=1S/C12H24N2O3S2/c1-4-19(16,17)11-8-18-6-5-14(11)12(15)10(13)7-9(2)3/h9-11H,4-8,13H2,1-3H3. The summed E-state index contributed by atoms with van der Waals surface area (Å²) in [5, 5.41) is -0.707. The molecule has 0 saturated carbocycles. The summed E-state index contributed by atoms with van der Waals surface area (Å²) in [6.45, 7) is 6.09. The first-order valence-electron chi connectivity index (χ1n) is 6.65. The van der Waals surface area contributed by atoms with Crippen LogP contribution in [0.3, 0.4) is 0 Å². The van der Waals surface area contributed by atoms with Crippen molar-refractivity contribution in [2.45, 2.75) is 38.6 Å². The Morgan fingerprint density at radius 2 is 2.11 bits per heavy atom. The third-order valence-electron chi connectivity index (χ3n) is 3.23. The molecule has 0 bridgehead atoms. The van der Waals surface area contributed by atoms with Gasteiger partial charge in [-0.15, -0.1) is 0 Å². The lowest BCUT2D eigenvalue weighted by Crippen LogP contribution is -2.55. The summed E-state index contributed by atoms with van der Waals surface area (Å²) in [4.78, 5) is 13.8. The fraction of sp³-hybridized carbons (Fsp3) is 0.917. The Balaban J connectivity index is 2.85. The Hall–Kier alpha value is -0.270. The van der Waals surface area contributed by atoms with Gasteiger partial charge in [-0.1, -0.05) is 20.8 Å². The summed E-state index contributed by atoms with van der Waals surface area (Å²) in [7, 11) is -3.25. The number of sulfone groups is 1. The molecule has 7 heteroatoms. The van der Waals surface area contributed by atoms with E-state index in [1.54, 1.807) is 18.7 Å². The molecule has 2 N–H and O–H groups in total. The molecular formula is C12H24N2O3S2. The number of carbonyl (C=O) groups is 1. The van der Waals surface area contributed by atoms with Crippen LogP contribution in [0.2, 0.25) is 0 Å². The number of carbonyl (C=O) groups excluding carboxylic acids is 1. The van der Waals surface area contributed by atoms with Gasteiger partial charge in [-0.3, -0.25) is 4.79 Å². The van der Waals surface area contributed by atoms with Crippen molar-refractivity contribution in [2.75, 3.05) is 23.8 Å². The zero-order valence-corrected chi connectivity index (χ0v) is 13.5. The van der Waals surface area contributed by atoms with E-state index in [2.05, 4.69) is 0 Å². The molecule has 0 aromatic carbocycles. The monoisotopic (exact) mass is 308 g/mol. The molecule has 0 aromatic heterocycles. The lowest BCUT2D eigenvalue weighted by atomic mass is 10.0. The van der Waals surface area contributed by atoms with Crippen molar-refractivity contribution in [1.29, 1.82) is 0 Å². The first kappa shape index (κ1) is 16.8. The summed E-state index contributed by atoms with van der Waals surface area (Å²) in [6, 6.07) is -0.599. The Bertz CT molecular complexity index is 409. The quantitative estimate of drug-likeness (QED) is 0.808. The fourth-order valence-corrected chi connectivity index (χ4v) is 5.12. The van der Waals surface area contributed by atoms with Crippen LogP contribution in [0.1, 0.15) is 27.2 Å². The molecule has 1 aliphatic rings. The summed E-state index contributed by atoms with van der Waals surface area (Å²) in [5.74, 6) is 1.38. The maximum atomic E-state index is 12.3. The molecule has 2 unspecified atom stereocenters. The number of nitrogens with two attached hydrogens (primary N) is 1. The first-order chi connectivity index (χ1) is 8.79. The highest BCUT2D eigenvalue weighted by Gasteiger charge is 2.37. The van der Waals surface area contributed by atoms with Gasteiger partial charge in [0.2, 0.25) is 5.91 Å². The molecule has 0 aromatic rings. The molecule has 0 aliphatic carbocycles. The van der Waals surface area contributed by atoms with Gasteiger partial charge < -0.3 is 10.6 Å². The van der Waals surface area contributed by atoms with Gasteiger partial charge in [0.1, 0.15) is 5.37 Å². The molecule has 1 fully saturated rings. The summed E-state index contributed by atoms with van der Waals surface area (Å²) in [6.07, 6.45) is 0.585. The van der Waals surface area contributed by atoms with Crippen LogP contribution in [0.15, 0.2) is 0 Å². The highest BCUT2D eigenvalue weighted by atomic mass is 32.2. The van der Waals surface area contributed by atoms with Gasteiger partial charge in [-0.2, -0.15) is 11.8 Å². The Morgan fingerprint density at radius 3 is 2.63 bits per heavy atom. The minimum Gasteiger partial charge on any atom is -0.323 e. The lowest BCUT2D eigenvalue weighted by molar-refractivity contribution is -0.133. The molecule has 5 nitrogen and oxygen atoms in total. The average molecular weight is 308 g/mol. The van der Waals surface area contributed by atoms with Crippen molar-refractivity contribution < 1.29 is 13.2 Å². The SMILES string of the molecule is CCS(=O)(=O)C1CSCCN1C(=O)C(N)CC(C)C. The van der Waals surface area contributed by atoms with Gasteiger partial charge in [-0.05, 0) is 12.3 Å². The molecule has 112 valence electrons. The van der Waals surface area contributed by atoms with Gasteiger partial charge in [0.05, 0.1) is 6.04 Å². The van der Waals surface area contributed by atoms with E-state index in [-0.39, 0.29) is 11.7 Å². The van der Waals surface area contributed by atoms with Crippen LogP contribution in [0.25, 0.3) is 0 Å². The van der Waals surface area contributed by atoms with E-state index in [0.29, 0.717) is 24.6 Å². The van der Waals surface area contributed by atoms with Crippen LogP contribution in [0, 0.1) is 5.92 Å². The predicted molar refractivity (Wildman–Crippen MR) is 79.7 cm³/mol. The second-order valence-corrected chi connectivity index (χ2v) is 8.85. The Labute approximate surface area is 120 Å². The van der Waals surface area contributed by atoms with E-state index in [1.165, 1.54) is 4.90 Å². The molecule has 1 rings (SSSR count). The molecule has 1 aliphatic heterocycles. The predicted octanol–water partition coefficient (Wildman–Crippen LogP) is 0.696. The molecule has 1 heterocycles. The molecule has 2 atom stereocenters. The van der Waals surface area contributed by atoms with Gasteiger partial charge in [0.25, 0.3) is 0 Å². The second-order valence-electron chi connectivity index (χ2n) is 5.25. The van der Waals surface area contributed by atoms with Crippen LogP contribution >= 0.6 is 11.8 Å². The number of nitrogens with zero attached hydrogens (tertiary/aromatic N) is 1. The highest BCUT2D eigenvalue weighted by molar-refractivity contribution is 8.01. The first-order valence-corrected chi connectivity index (χ1v) is 9.52. The van der Waals surface area contributed by atoms with Gasteiger partial charge in [0, 0.05) is 23.8 Å². The lowest BCUT2D eigenvalue weighted by Gasteiger charge is -2.36. The highest BCUT2D eigenvalue weighted by Crippen LogP contribution is 2.22. The van der Waals surface area contributed by atoms with E-state index in [1.807, 2.05) is 13.8 Å². The van der Waals surface area contributed by atoms with Crippen molar-refractivity contribution >= 4 is 27.5 Å². The normalized spacial score (nSPS) is 22.6. The summed E-state index contributed by atoms with van der Waals surface area (Å²) in [5.41, 5.74) is 5.90. The molecule has 0 radical (unpaired) electrons. The van der Waals surface area contributed by atoms with Crippen LogP contribution in [-0.2, 0) is 14.6 Å². The van der Waals surface area contributed by atoms with Crippen molar-refractivity contribution in [1.82, 2.24) is 4.90 Å². The van der Waals surface area contributed by atoms with E-state index in [9.17, 15) is 13.2 Å². The van der Waals surface area contributed by atoms with Gasteiger partial charge in [0.15, 0.2) is 9.84 Å². The maximum Gasteiger partial charge on any atom is 0.240 e. The van der Waals surface area contributed by atoms with Crippen LogP contribution in [-0.4, -0.2) is 54.4 Å². The number of hydrogen-bond acceptors (Lipinski definition) is 5. The number of hydrogen-bond donors (Lipinski definition) is 1. The second kappa shape index (κ2) is 6.95. The Morgan fingerprint density at radius 1 is 1.47 bits per heavy atom. The van der Waals surface area contributed by atoms with Gasteiger partial charge in [-0.25, -0.2) is 8.42 Å². The molecular weight excluding hydrogens is 284 g/mol. The maximum absolute atomic E-state index is 12.3. The van der Waals surface area contributed by atoms with Gasteiger partial charge >= 0.3 is 0 Å². The zero-order chi connectivity index (χ0) is 14.6. The van der Waals surface area contributed by atoms with Crippen LogP contribution in [0.4, 0.5) is 0 Å². The van der Waals surface area contributed by atoms with E-state index >= 15 is 0 Å². The largest absolute Gasteiger partial charge is 0.323 e. The van der Waals surface area contributed by atoms with Crippen molar-refractivity contribution in [2.24, 2.45) is 11.7 Å². The van der Waals surface area contributed by atoms with Crippen molar-refractivity contribution in [3.63, 3.8) is 0 Å². The van der Waals surface area contributed by atoms with Crippen molar-refractivity contribution in [3.8, 4) is 0 Å². The molecule has 0 spiro atoms. The number of rotatable bonds is 5. The minimum atomic E-state index is -3.25. The van der Waals surface area contributed by atoms with E-state index in [0.717, 1.165) is 5.75 Å². The molecule has 1 amide bonds. The third kappa shape index (κ3) is 4.36. The fourth-order valence-electron chi connectivity index (χ4n) is 2.14. The van der Waals surface area contributed by atoms with Crippen molar-refractivity contribution in [3.05, 3.63) is 0 Å². The third-order valence-corrected chi connectivity index (χ3v) is 6.52. The Kier molecular flexibility index (Phi) is 6.14. The van der Waals surface area contributed by atoms with Crippen LogP contribution < -0.4 is 5.73 Å². The van der Waals surface area contributed by atoms with Crippen LogP contribution in [0.5, 0.6) is 0 Å². The smallest absolute Gasteiger partial charge is 0.240 e. The van der Waals surface area contributed by atoms with E-state index < -0.39 is 21.3 Å². The zero-order valence-electron chi connectivity index (χ0n) is 11.8. The molecule has 1 saturated heterocycles. The number of thioether (sulfide) groups is 1.